The lowest BCUT2D eigenvalue weighted by atomic mass is 10.2. The lowest BCUT2D eigenvalue weighted by Gasteiger charge is -2.08. The molecule has 0 saturated carbocycles. The number of hydrogen-bond donors (Lipinski definition) is 1. The number of aryl methyl sites for hydroxylation is 1. The van der Waals surface area contributed by atoms with E-state index in [0.29, 0.717) is 11.2 Å². The summed E-state index contributed by atoms with van der Waals surface area (Å²) in [6, 6.07) is -0.507. The Balaban J connectivity index is 1.85. The number of nitrogens with zero attached hydrogens (tertiary/aromatic N) is 3. The van der Waals surface area contributed by atoms with E-state index in [0.717, 1.165) is 11.0 Å². The number of fused-ring (bicyclic) bond motifs is 1. The van der Waals surface area contributed by atoms with Crippen LogP contribution in [-0.2, 0) is 9.84 Å². The fraction of sp³-hybridized carbons (Fsp3) is 0.250. The molecule has 2 aromatic rings. The van der Waals surface area contributed by atoms with E-state index in [-0.39, 0.29) is 11.7 Å². The van der Waals surface area contributed by atoms with Crippen molar-refractivity contribution in [2.24, 2.45) is 0 Å². The molecule has 2 aromatic heterocycles. The van der Waals surface area contributed by atoms with Crippen molar-refractivity contribution >= 4 is 21.4 Å². The van der Waals surface area contributed by atoms with E-state index in [2.05, 4.69) is 15.4 Å². The summed E-state index contributed by atoms with van der Waals surface area (Å²) in [5.41, 5.74) is 1.69. The maximum atomic E-state index is 12.1. The Morgan fingerprint density at radius 3 is 2.95 bits per heavy atom. The van der Waals surface area contributed by atoms with Crippen LogP contribution in [0.15, 0.2) is 30.1 Å². The topological polar surface area (TPSA) is 93.4 Å². The molecule has 3 rings (SSSR count). The van der Waals surface area contributed by atoms with Crippen molar-refractivity contribution in [3.8, 4) is 0 Å². The van der Waals surface area contributed by atoms with Gasteiger partial charge in [0.2, 0.25) is 0 Å². The molecule has 1 amide bonds. The summed E-state index contributed by atoms with van der Waals surface area (Å²) >= 11 is 0. The number of amides is 1. The van der Waals surface area contributed by atoms with E-state index in [1.54, 1.807) is 12.4 Å². The van der Waals surface area contributed by atoms with Gasteiger partial charge in [0.25, 0.3) is 5.91 Å². The highest BCUT2D eigenvalue weighted by atomic mass is 32.2. The van der Waals surface area contributed by atoms with Crippen LogP contribution in [-0.4, -0.2) is 40.7 Å². The van der Waals surface area contributed by atoms with Crippen LogP contribution in [0.1, 0.15) is 15.9 Å². The van der Waals surface area contributed by atoms with Gasteiger partial charge in [0.05, 0.1) is 18.0 Å². The van der Waals surface area contributed by atoms with Crippen LogP contribution in [0.5, 0.6) is 0 Å². The molecular weight excluding hydrogens is 280 g/mol. The molecule has 20 heavy (non-hydrogen) atoms. The van der Waals surface area contributed by atoms with Crippen molar-refractivity contribution in [3.63, 3.8) is 0 Å². The smallest absolute Gasteiger partial charge is 0.257 e. The Morgan fingerprint density at radius 1 is 1.45 bits per heavy atom. The first-order chi connectivity index (χ1) is 9.44. The monoisotopic (exact) mass is 292 g/mol. The summed E-state index contributed by atoms with van der Waals surface area (Å²) in [5.74, 6) is -0.493. The highest BCUT2D eigenvalue weighted by Crippen LogP contribution is 2.12. The molecule has 104 valence electrons. The van der Waals surface area contributed by atoms with Gasteiger partial charge < -0.3 is 5.32 Å². The zero-order valence-electron chi connectivity index (χ0n) is 10.6. The van der Waals surface area contributed by atoms with Crippen LogP contribution in [0.25, 0.3) is 5.65 Å². The third-order valence-electron chi connectivity index (χ3n) is 2.98. The fourth-order valence-corrected chi connectivity index (χ4v) is 3.28. The number of sulfone groups is 1. The molecule has 3 heterocycles. The van der Waals surface area contributed by atoms with Crippen LogP contribution in [0.2, 0.25) is 0 Å². The molecule has 0 fully saturated rings. The predicted molar refractivity (Wildman–Crippen MR) is 71.9 cm³/mol. The largest absolute Gasteiger partial charge is 0.345 e. The number of aromatic nitrogens is 3. The Kier molecular flexibility index (Phi) is 2.82. The summed E-state index contributed by atoms with van der Waals surface area (Å²) in [6.45, 7) is 1.88. The van der Waals surface area contributed by atoms with Crippen LogP contribution in [0.4, 0.5) is 0 Å². The van der Waals surface area contributed by atoms with E-state index in [4.69, 9.17) is 0 Å². The quantitative estimate of drug-likeness (QED) is 0.846. The molecule has 1 aliphatic heterocycles. The third-order valence-corrected chi connectivity index (χ3v) is 4.37. The summed E-state index contributed by atoms with van der Waals surface area (Å²) in [4.78, 5) is 16.3. The molecule has 7 nitrogen and oxygen atoms in total. The number of nitrogens with one attached hydrogen (secondary N) is 1. The van der Waals surface area contributed by atoms with E-state index < -0.39 is 15.9 Å². The molecule has 8 heteroatoms. The van der Waals surface area contributed by atoms with Gasteiger partial charge in [0, 0.05) is 17.8 Å². The summed E-state index contributed by atoms with van der Waals surface area (Å²) in [5, 5.41) is 7.83. The molecule has 0 saturated heterocycles. The molecule has 0 radical (unpaired) electrons. The van der Waals surface area contributed by atoms with Crippen molar-refractivity contribution in [1.29, 1.82) is 0 Å². The maximum Gasteiger partial charge on any atom is 0.257 e. The average Bonchev–Trinajstić information content (AvgIpc) is 2.92. The third kappa shape index (κ3) is 2.29. The first-order valence-electron chi connectivity index (χ1n) is 5.96. The molecule has 1 N–H and O–H groups in total. The first kappa shape index (κ1) is 12.8. The van der Waals surface area contributed by atoms with Crippen molar-refractivity contribution in [1.82, 2.24) is 19.9 Å². The Hall–Kier alpha value is -2.22. The molecule has 0 unspecified atom stereocenters. The summed E-state index contributed by atoms with van der Waals surface area (Å²) in [6.07, 6.45) is 6.30. The van der Waals surface area contributed by atoms with Crippen LogP contribution >= 0.6 is 0 Å². The van der Waals surface area contributed by atoms with Crippen molar-refractivity contribution in [3.05, 3.63) is 41.2 Å². The number of carbonyl (C=O) groups is 1. The van der Waals surface area contributed by atoms with Gasteiger partial charge in [-0.05, 0) is 18.6 Å². The van der Waals surface area contributed by atoms with Crippen molar-refractivity contribution in [2.75, 3.05) is 5.75 Å². The van der Waals surface area contributed by atoms with Gasteiger partial charge in [0.15, 0.2) is 15.5 Å². The van der Waals surface area contributed by atoms with E-state index in [1.807, 2.05) is 6.92 Å². The second-order valence-electron chi connectivity index (χ2n) is 4.70. The number of hydrogen-bond acceptors (Lipinski definition) is 5. The molecule has 0 aliphatic carbocycles. The predicted octanol–water partition coefficient (Wildman–Crippen LogP) is 0.0782. The highest BCUT2D eigenvalue weighted by molar-refractivity contribution is 7.94. The van der Waals surface area contributed by atoms with E-state index in [1.165, 1.54) is 16.8 Å². The van der Waals surface area contributed by atoms with Crippen LogP contribution < -0.4 is 5.32 Å². The lowest BCUT2D eigenvalue weighted by Crippen LogP contribution is -2.35. The second kappa shape index (κ2) is 4.41. The minimum Gasteiger partial charge on any atom is -0.345 e. The van der Waals surface area contributed by atoms with E-state index >= 15 is 0 Å². The molecule has 1 atom stereocenters. The SMILES string of the molecule is Cc1cnc2c(C(=O)N[C@H]3C=CS(=O)(=O)C3)cnn2c1. The lowest BCUT2D eigenvalue weighted by molar-refractivity contribution is 0.0949. The summed E-state index contributed by atoms with van der Waals surface area (Å²) in [7, 11) is -3.19. The Morgan fingerprint density at radius 2 is 2.25 bits per heavy atom. The minimum atomic E-state index is -3.19. The standard InChI is InChI=1S/C12H12N4O3S/c1-8-4-13-11-10(5-14-16(11)6-8)12(17)15-9-2-3-20(18,19)7-9/h2-6,9H,7H2,1H3,(H,15,17)/t9-/m0/s1. The molecule has 0 bridgehead atoms. The van der Waals surface area contributed by atoms with Crippen LogP contribution in [0.3, 0.4) is 0 Å². The first-order valence-corrected chi connectivity index (χ1v) is 7.68. The molecule has 0 spiro atoms. The van der Waals surface area contributed by atoms with E-state index in [9.17, 15) is 13.2 Å². The zero-order chi connectivity index (χ0) is 14.3. The summed E-state index contributed by atoms with van der Waals surface area (Å²) < 4.78 is 24.1. The minimum absolute atomic E-state index is 0.107. The zero-order valence-corrected chi connectivity index (χ0v) is 11.5. The van der Waals surface area contributed by atoms with Gasteiger partial charge >= 0.3 is 0 Å². The number of carbonyl (C=O) groups excluding carboxylic acids is 1. The fourth-order valence-electron chi connectivity index (χ4n) is 2.04. The molecule has 1 aliphatic rings. The number of rotatable bonds is 2. The maximum absolute atomic E-state index is 12.1. The van der Waals surface area contributed by atoms with Gasteiger partial charge in [0.1, 0.15) is 5.56 Å². The van der Waals surface area contributed by atoms with Crippen molar-refractivity contribution < 1.29 is 13.2 Å². The van der Waals surface area contributed by atoms with Gasteiger partial charge in [-0.1, -0.05) is 0 Å². The van der Waals surface area contributed by atoms with Gasteiger partial charge in [-0.2, -0.15) is 5.10 Å². The van der Waals surface area contributed by atoms with Crippen LogP contribution in [0, 0.1) is 6.92 Å². The second-order valence-corrected chi connectivity index (χ2v) is 6.63. The van der Waals surface area contributed by atoms with Gasteiger partial charge in [-0.15, -0.1) is 0 Å². The average molecular weight is 292 g/mol. The normalized spacial score (nSPS) is 20.4. The Labute approximate surface area is 115 Å². The Bertz CT molecular complexity index is 822. The molecule has 0 aromatic carbocycles. The van der Waals surface area contributed by atoms with Crippen molar-refractivity contribution in [2.45, 2.75) is 13.0 Å². The van der Waals surface area contributed by atoms with Gasteiger partial charge in [-0.3, -0.25) is 4.79 Å². The van der Waals surface area contributed by atoms with Gasteiger partial charge in [-0.25, -0.2) is 17.9 Å². The molecular formula is C12H12N4O3S. The highest BCUT2D eigenvalue weighted by Gasteiger charge is 2.24.